The number of halogens is 1. The Morgan fingerprint density at radius 3 is 3.00 bits per heavy atom. The largest absolute Gasteiger partial charge is 0.356 e. The Bertz CT molecular complexity index is 356. The zero-order chi connectivity index (χ0) is 12.1. The summed E-state index contributed by atoms with van der Waals surface area (Å²) in [6.07, 6.45) is 4.93. The van der Waals surface area contributed by atoms with E-state index in [-0.39, 0.29) is 30.3 Å². The Kier molecular flexibility index (Phi) is 6.68. The molecule has 2 atom stereocenters. The summed E-state index contributed by atoms with van der Waals surface area (Å²) in [7, 11) is 0. The number of rotatable bonds is 4. The van der Waals surface area contributed by atoms with E-state index in [4.69, 9.17) is 5.73 Å². The lowest BCUT2D eigenvalue weighted by Crippen LogP contribution is -2.38. The minimum atomic E-state index is 0. The lowest BCUT2D eigenvalue weighted by Gasteiger charge is -2.25. The van der Waals surface area contributed by atoms with Gasteiger partial charge < -0.3 is 11.1 Å². The molecule has 2 unspecified atom stereocenters. The first-order valence-electron chi connectivity index (χ1n) is 6.30. The van der Waals surface area contributed by atoms with Gasteiger partial charge >= 0.3 is 0 Å². The molecule has 3 nitrogen and oxygen atoms in total. The van der Waals surface area contributed by atoms with E-state index in [1.165, 1.54) is 5.56 Å². The third kappa shape index (κ3) is 4.59. The lowest BCUT2D eigenvalue weighted by molar-refractivity contribution is -0.126. The SMILES string of the molecule is Cl.NC1CCCC(C(=O)NCCc2ccsc2)C1. The second-order valence-corrected chi connectivity index (χ2v) is 5.58. The van der Waals surface area contributed by atoms with Crippen LogP contribution in [0.5, 0.6) is 0 Å². The molecule has 18 heavy (non-hydrogen) atoms. The van der Waals surface area contributed by atoms with Crippen molar-refractivity contribution in [3.05, 3.63) is 22.4 Å². The van der Waals surface area contributed by atoms with Crippen molar-refractivity contribution in [1.82, 2.24) is 5.32 Å². The molecule has 1 heterocycles. The van der Waals surface area contributed by atoms with Crippen molar-refractivity contribution in [2.75, 3.05) is 6.54 Å². The Labute approximate surface area is 119 Å². The standard InChI is InChI=1S/C13H20N2OS.ClH/c14-12-3-1-2-11(8-12)13(16)15-6-4-10-5-7-17-9-10;/h5,7,9,11-12H,1-4,6,8,14H2,(H,15,16);1H. The smallest absolute Gasteiger partial charge is 0.223 e. The molecule has 1 aliphatic carbocycles. The van der Waals surface area contributed by atoms with Gasteiger partial charge in [0.15, 0.2) is 0 Å². The molecule has 5 heteroatoms. The topological polar surface area (TPSA) is 55.1 Å². The molecule has 0 saturated heterocycles. The highest BCUT2D eigenvalue weighted by Gasteiger charge is 2.24. The number of thiophene rings is 1. The molecule has 0 spiro atoms. The van der Waals surface area contributed by atoms with Crippen LogP contribution in [0.25, 0.3) is 0 Å². The predicted molar refractivity (Wildman–Crippen MR) is 78.2 cm³/mol. The Hall–Kier alpha value is -0.580. The Morgan fingerprint density at radius 1 is 1.50 bits per heavy atom. The van der Waals surface area contributed by atoms with Crippen molar-refractivity contribution in [2.45, 2.75) is 38.1 Å². The molecule has 1 aromatic heterocycles. The summed E-state index contributed by atoms with van der Waals surface area (Å²) >= 11 is 1.70. The van der Waals surface area contributed by atoms with Crippen molar-refractivity contribution >= 4 is 29.7 Å². The summed E-state index contributed by atoms with van der Waals surface area (Å²) < 4.78 is 0. The van der Waals surface area contributed by atoms with Crippen LogP contribution < -0.4 is 11.1 Å². The lowest BCUT2D eigenvalue weighted by atomic mass is 9.85. The minimum absolute atomic E-state index is 0. The minimum Gasteiger partial charge on any atom is -0.356 e. The van der Waals surface area contributed by atoms with E-state index in [9.17, 15) is 4.79 Å². The molecular formula is C13H21ClN2OS. The van der Waals surface area contributed by atoms with Crippen molar-refractivity contribution < 1.29 is 4.79 Å². The number of nitrogens with one attached hydrogen (secondary N) is 1. The van der Waals surface area contributed by atoms with Crippen LogP contribution in [0.3, 0.4) is 0 Å². The number of carbonyl (C=O) groups is 1. The molecule has 3 N–H and O–H groups in total. The van der Waals surface area contributed by atoms with Crippen molar-refractivity contribution in [1.29, 1.82) is 0 Å². The first-order chi connectivity index (χ1) is 8.25. The zero-order valence-corrected chi connectivity index (χ0v) is 12.1. The van der Waals surface area contributed by atoms with Crippen molar-refractivity contribution in [2.24, 2.45) is 11.7 Å². The molecule has 1 aliphatic rings. The van der Waals surface area contributed by atoms with E-state index in [1.807, 2.05) is 0 Å². The van der Waals surface area contributed by atoms with Gasteiger partial charge in [0.2, 0.25) is 5.91 Å². The normalized spacial score (nSPS) is 23.2. The molecule has 0 radical (unpaired) electrons. The maximum Gasteiger partial charge on any atom is 0.223 e. The average molecular weight is 289 g/mol. The van der Waals surface area contributed by atoms with Crippen LogP contribution in [0.1, 0.15) is 31.2 Å². The number of carbonyl (C=O) groups excluding carboxylic acids is 1. The predicted octanol–water partition coefficient (Wildman–Crippen LogP) is 2.35. The molecule has 0 aromatic carbocycles. The summed E-state index contributed by atoms with van der Waals surface area (Å²) in [6, 6.07) is 2.32. The second kappa shape index (κ2) is 7.77. The third-order valence-corrected chi connectivity index (χ3v) is 4.11. The van der Waals surface area contributed by atoms with Crippen LogP contribution in [-0.4, -0.2) is 18.5 Å². The van der Waals surface area contributed by atoms with Gasteiger partial charge in [-0.25, -0.2) is 0 Å². The van der Waals surface area contributed by atoms with Gasteiger partial charge in [-0.2, -0.15) is 11.3 Å². The van der Waals surface area contributed by atoms with E-state index in [0.717, 1.165) is 38.6 Å². The van der Waals surface area contributed by atoms with Gasteiger partial charge in [0.1, 0.15) is 0 Å². The van der Waals surface area contributed by atoms with E-state index in [2.05, 4.69) is 22.1 Å². The molecule has 1 amide bonds. The van der Waals surface area contributed by atoms with Crippen LogP contribution in [0.4, 0.5) is 0 Å². The summed E-state index contributed by atoms with van der Waals surface area (Å²) in [5.41, 5.74) is 7.19. The summed E-state index contributed by atoms with van der Waals surface area (Å²) in [4.78, 5) is 11.9. The van der Waals surface area contributed by atoms with Crippen LogP contribution >= 0.6 is 23.7 Å². The van der Waals surface area contributed by atoms with Gasteiger partial charge in [-0.05, 0) is 48.1 Å². The molecule has 0 aliphatic heterocycles. The van der Waals surface area contributed by atoms with Crippen LogP contribution in [0, 0.1) is 5.92 Å². The van der Waals surface area contributed by atoms with Gasteiger partial charge in [-0.1, -0.05) is 6.42 Å². The second-order valence-electron chi connectivity index (χ2n) is 4.80. The van der Waals surface area contributed by atoms with E-state index in [1.54, 1.807) is 11.3 Å². The quantitative estimate of drug-likeness (QED) is 0.893. The van der Waals surface area contributed by atoms with Gasteiger partial charge in [0.25, 0.3) is 0 Å². The molecule has 1 aromatic rings. The number of hydrogen-bond donors (Lipinski definition) is 2. The number of hydrogen-bond acceptors (Lipinski definition) is 3. The number of nitrogens with two attached hydrogens (primary N) is 1. The highest BCUT2D eigenvalue weighted by atomic mass is 35.5. The van der Waals surface area contributed by atoms with Gasteiger partial charge in [-0.15, -0.1) is 12.4 Å². The van der Waals surface area contributed by atoms with Crippen LogP contribution in [-0.2, 0) is 11.2 Å². The highest BCUT2D eigenvalue weighted by molar-refractivity contribution is 7.07. The Balaban J connectivity index is 0.00000162. The van der Waals surface area contributed by atoms with Crippen molar-refractivity contribution in [3.63, 3.8) is 0 Å². The van der Waals surface area contributed by atoms with Gasteiger partial charge in [0, 0.05) is 18.5 Å². The Morgan fingerprint density at radius 2 is 2.33 bits per heavy atom. The van der Waals surface area contributed by atoms with Crippen molar-refractivity contribution in [3.8, 4) is 0 Å². The fourth-order valence-corrected chi connectivity index (χ4v) is 3.08. The van der Waals surface area contributed by atoms with Gasteiger partial charge in [0.05, 0.1) is 0 Å². The summed E-state index contributed by atoms with van der Waals surface area (Å²) in [5, 5.41) is 7.22. The molecule has 2 rings (SSSR count). The zero-order valence-electron chi connectivity index (χ0n) is 10.4. The third-order valence-electron chi connectivity index (χ3n) is 3.38. The van der Waals surface area contributed by atoms with Gasteiger partial charge in [-0.3, -0.25) is 4.79 Å². The van der Waals surface area contributed by atoms with Crippen LogP contribution in [0.15, 0.2) is 16.8 Å². The molecule has 0 bridgehead atoms. The summed E-state index contributed by atoms with van der Waals surface area (Å²) in [5.74, 6) is 0.330. The fraction of sp³-hybridized carbons (Fsp3) is 0.615. The maximum atomic E-state index is 11.9. The average Bonchev–Trinajstić information content (AvgIpc) is 2.82. The maximum absolute atomic E-state index is 11.9. The first kappa shape index (κ1) is 15.5. The first-order valence-corrected chi connectivity index (χ1v) is 7.24. The molecule has 1 fully saturated rings. The highest BCUT2D eigenvalue weighted by Crippen LogP contribution is 2.23. The fourth-order valence-electron chi connectivity index (χ4n) is 2.38. The van der Waals surface area contributed by atoms with E-state index < -0.39 is 0 Å². The summed E-state index contributed by atoms with van der Waals surface area (Å²) in [6.45, 7) is 0.737. The van der Waals surface area contributed by atoms with Crippen LogP contribution in [0.2, 0.25) is 0 Å². The molecule has 1 saturated carbocycles. The molecular weight excluding hydrogens is 268 g/mol. The van der Waals surface area contributed by atoms with E-state index >= 15 is 0 Å². The van der Waals surface area contributed by atoms with E-state index in [0.29, 0.717) is 0 Å². The molecule has 102 valence electrons. The number of amides is 1. The monoisotopic (exact) mass is 288 g/mol.